The van der Waals surface area contributed by atoms with Crippen molar-refractivity contribution in [3.8, 4) is 0 Å². The first-order valence-electron chi connectivity index (χ1n) is 4.16. The Morgan fingerprint density at radius 1 is 1.00 bits per heavy atom. The number of carbonyl (C=O) groups is 1. The van der Waals surface area contributed by atoms with Crippen LogP contribution >= 0.6 is 0 Å². The zero-order valence-electron chi connectivity index (χ0n) is 8.27. The van der Waals surface area contributed by atoms with Crippen LogP contribution in [-0.4, -0.2) is 18.5 Å². The van der Waals surface area contributed by atoms with Crippen molar-refractivity contribution in [2.75, 3.05) is 0 Å². The maximum Gasteiger partial charge on any atom is 0.355 e. The minimum absolute atomic E-state index is 0.480. The molecule has 2 amide bonds. The number of nitrogens with zero attached hydrogens (tertiary/aromatic N) is 2. The minimum atomic E-state index is -0.480. The number of hydrogen-bond donors (Lipinski definition) is 2. The summed E-state index contributed by atoms with van der Waals surface area (Å²) in [4.78, 5) is 10.9. The minimum Gasteiger partial charge on any atom is -0.245 e. The van der Waals surface area contributed by atoms with E-state index in [1.807, 2.05) is 13.8 Å². The van der Waals surface area contributed by atoms with Crippen LogP contribution in [0.15, 0.2) is 34.5 Å². The average Bonchev–Trinajstić information content (AvgIpc) is 2.19. The van der Waals surface area contributed by atoms with Gasteiger partial charge < -0.3 is 0 Å². The van der Waals surface area contributed by atoms with Crippen molar-refractivity contribution in [3.05, 3.63) is 24.3 Å². The highest BCUT2D eigenvalue weighted by Gasteiger charge is 1.90. The summed E-state index contributed by atoms with van der Waals surface area (Å²) in [6.07, 6.45) is 9.93. The van der Waals surface area contributed by atoms with Crippen molar-refractivity contribution in [3.63, 3.8) is 0 Å². The number of hydrazone groups is 2. The lowest BCUT2D eigenvalue weighted by molar-refractivity contribution is 0.242. The summed E-state index contributed by atoms with van der Waals surface area (Å²) in [5, 5.41) is 7.19. The SMILES string of the molecule is C/C=C\C=N/NC(=O)N/N=C\C=C\C. The van der Waals surface area contributed by atoms with Crippen molar-refractivity contribution in [2.24, 2.45) is 10.2 Å². The number of allylic oxidation sites excluding steroid dienone is 4. The first kappa shape index (κ1) is 12.1. The number of amides is 2. The fourth-order valence-electron chi connectivity index (χ4n) is 0.475. The van der Waals surface area contributed by atoms with Gasteiger partial charge in [-0.2, -0.15) is 10.2 Å². The van der Waals surface area contributed by atoms with Crippen LogP contribution in [0.1, 0.15) is 13.8 Å². The molecule has 0 aromatic heterocycles. The highest BCUT2D eigenvalue weighted by atomic mass is 16.2. The first-order valence-corrected chi connectivity index (χ1v) is 4.16. The van der Waals surface area contributed by atoms with Crippen molar-refractivity contribution < 1.29 is 4.79 Å². The zero-order chi connectivity index (χ0) is 10.6. The topological polar surface area (TPSA) is 65.8 Å². The van der Waals surface area contributed by atoms with Crippen LogP contribution in [0.25, 0.3) is 0 Å². The van der Waals surface area contributed by atoms with Gasteiger partial charge in [0.05, 0.1) is 0 Å². The van der Waals surface area contributed by atoms with Crippen LogP contribution < -0.4 is 10.9 Å². The fraction of sp³-hybridized carbons (Fsp3) is 0.222. The van der Waals surface area contributed by atoms with E-state index in [0.29, 0.717) is 0 Å². The van der Waals surface area contributed by atoms with Gasteiger partial charge in [0.1, 0.15) is 0 Å². The summed E-state index contributed by atoms with van der Waals surface area (Å²) >= 11 is 0. The third-order valence-corrected chi connectivity index (χ3v) is 1.04. The average molecular weight is 194 g/mol. The number of urea groups is 1. The van der Waals surface area contributed by atoms with Crippen LogP contribution in [0, 0.1) is 0 Å². The van der Waals surface area contributed by atoms with Crippen LogP contribution in [0.5, 0.6) is 0 Å². The van der Waals surface area contributed by atoms with E-state index in [1.54, 1.807) is 24.3 Å². The van der Waals surface area contributed by atoms with Gasteiger partial charge in [0.15, 0.2) is 0 Å². The molecule has 5 heteroatoms. The summed E-state index contributed by atoms with van der Waals surface area (Å²) < 4.78 is 0. The molecule has 5 nitrogen and oxygen atoms in total. The Morgan fingerprint density at radius 3 is 1.79 bits per heavy atom. The van der Waals surface area contributed by atoms with Crippen LogP contribution in [0.4, 0.5) is 4.79 Å². The van der Waals surface area contributed by atoms with Gasteiger partial charge in [-0.05, 0) is 26.0 Å². The molecule has 2 N–H and O–H groups in total. The number of nitrogens with one attached hydrogen (secondary N) is 2. The molecule has 0 unspecified atom stereocenters. The standard InChI is InChI=1S/C9H14N4O/c1-3-5-7-10-12-9(14)13-11-8-6-4-2/h3-8H,1-2H3,(H2,12,13,14)/b5-3-,6-4+,10-7-,11-8-. The zero-order valence-corrected chi connectivity index (χ0v) is 8.27. The molecule has 0 spiro atoms. The Labute approximate surface area is 83.3 Å². The predicted molar refractivity (Wildman–Crippen MR) is 58.3 cm³/mol. The normalized spacial score (nSPS) is 12.1. The van der Waals surface area contributed by atoms with Crippen molar-refractivity contribution in [1.29, 1.82) is 0 Å². The van der Waals surface area contributed by atoms with Gasteiger partial charge in [-0.25, -0.2) is 15.6 Å². The van der Waals surface area contributed by atoms with E-state index < -0.39 is 6.03 Å². The Kier molecular flexibility index (Phi) is 7.93. The third kappa shape index (κ3) is 8.19. The maximum absolute atomic E-state index is 10.9. The molecule has 0 aromatic rings. The second-order valence-electron chi connectivity index (χ2n) is 2.16. The molecule has 0 aliphatic carbocycles. The molecule has 14 heavy (non-hydrogen) atoms. The van der Waals surface area contributed by atoms with Gasteiger partial charge in [-0.1, -0.05) is 12.2 Å². The van der Waals surface area contributed by atoms with E-state index >= 15 is 0 Å². The molecular formula is C9H14N4O. The smallest absolute Gasteiger partial charge is 0.245 e. The van der Waals surface area contributed by atoms with Crippen LogP contribution in [0.3, 0.4) is 0 Å². The highest BCUT2D eigenvalue weighted by molar-refractivity contribution is 5.78. The largest absolute Gasteiger partial charge is 0.355 e. The lowest BCUT2D eigenvalue weighted by Crippen LogP contribution is -2.28. The van der Waals surface area contributed by atoms with Gasteiger partial charge >= 0.3 is 6.03 Å². The molecule has 0 heterocycles. The van der Waals surface area contributed by atoms with Gasteiger partial charge in [0, 0.05) is 12.4 Å². The number of rotatable bonds is 4. The molecule has 0 fully saturated rings. The Hall–Kier alpha value is -1.91. The number of carbonyl (C=O) groups excluding carboxylic acids is 1. The molecule has 0 radical (unpaired) electrons. The Bertz CT molecular complexity index is 240. The van der Waals surface area contributed by atoms with E-state index in [0.717, 1.165) is 0 Å². The fourth-order valence-corrected chi connectivity index (χ4v) is 0.475. The van der Waals surface area contributed by atoms with Crippen molar-refractivity contribution in [2.45, 2.75) is 13.8 Å². The summed E-state index contributed by atoms with van der Waals surface area (Å²) in [7, 11) is 0. The van der Waals surface area contributed by atoms with Crippen molar-refractivity contribution in [1.82, 2.24) is 10.9 Å². The lowest BCUT2D eigenvalue weighted by atomic mass is 10.6. The molecule has 0 atom stereocenters. The van der Waals surface area contributed by atoms with Gasteiger partial charge in [-0.15, -0.1) is 0 Å². The second-order valence-corrected chi connectivity index (χ2v) is 2.16. The summed E-state index contributed by atoms with van der Waals surface area (Å²) in [5.74, 6) is 0. The third-order valence-electron chi connectivity index (χ3n) is 1.04. The molecule has 0 aromatic carbocycles. The van der Waals surface area contributed by atoms with E-state index in [2.05, 4.69) is 21.1 Å². The number of hydrogen-bond acceptors (Lipinski definition) is 3. The summed E-state index contributed by atoms with van der Waals surface area (Å²) in [6.45, 7) is 3.71. The summed E-state index contributed by atoms with van der Waals surface area (Å²) in [5.41, 5.74) is 4.45. The molecular weight excluding hydrogens is 180 g/mol. The summed E-state index contributed by atoms with van der Waals surface area (Å²) in [6, 6.07) is -0.480. The van der Waals surface area contributed by atoms with E-state index in [9.17, 15) is 4.79 Å². The Balaban J connectivity index is 3.65. The lowest BCUT2D eigenvalue weighted by Gasteiger charge is -1.94. The molecule has 0 saturated carbocycles. The van der Waals surface area contributed by atoms with Crippen molar-refractivity contribution >= 4 is 18.5 Å². The molecule has 0 bridgehead atoms. The highest BCUT2D eigenvalue weighted by Crippen LogP contribution is 1.68. The molecule has 0 rings (SSSR count). The van der Waals surface area contributed by atoms with Gasteiger partial charge in [0.2, 0.25) is 0 Å². The second kappa shape index (κ2) is 9.18. The first-order chi connectivity index (χ1) is 6.81. The van der Waals surface area contributed by atoms with E-state index in [-0.39, 0.29) is 0 Å². The molecule has 0 aliphatic heterocycles. The van der Waals surface area contributed by atoms with Gasteiger partial charge in [-0.3, -0.25) is 0 Å². The maximum atomic E-state index is 10.9. The monoisotopic (exact) mass is 194 g/mol. The predicted octanol–water partition coefficient (Wildman–Crippen LogP) is 1.41. The van der Waals surface area contributed by atoms with Crippen LogP contribution in [0.2, 0.25) is 0 Å². The van der Waals surface area contributed by atoms with Crippen LogP contribution in [-0.2, 0) is 0 Å². The Morgan fingerprint density at radius 2 is 1.43 bits per heavy atom. The quantitative estimate of drug-likeness (QED) is 0.515. The molecule has 0 saturated heterocycles. The van der Waals surface area contributed by atoms with Gasteiger partial charge in [0.25, 0.3) is 0 Å². The molecule has 0 aliphatic rings. The van der Waals surface area contributed by atoms with E-state index in [1.165, 1.54) is 12.4 Å². The molecule has 76 valence electrons. The van der Waals surface area contributed by atoms with E-state index in [4.69, 9.17) is 0 Å².